The summed E-state index contributed by atoms with van der Waals surface area (Å²) >= 11 is 0. The van der Waals surface area contributed by atoms with E-state index in [1.165, 1.54) is 64.2 Å². The van der Waals surface area contributed by atoms with Gasteiger partial charge in [0.15, 0.2) is 6.10 Å². The molecule has 0 aromatic heterocycles. The second kappa shape index (κ2) is 39.8. The molecule has 328 valence electrons. The van der Waals surface area contributed by atoms with Crippen molar-refractivity contribution in [2.45, 2.75) is 193 Å². The van der Waals surface area contributed by atoms with Gasteiger partial charge in [-0.3, -0.25) is 9.59 Å². The molecule has 2 unspecified atom stereocenters. The number of allylic oxidation sites excluding steroid dienone is 10. The first kappa shape index (κ1) is 54.0. The van der Waals surface area contributed by atoms with E-state index in [0.717, 1.165) is 83.5 Å². The summed E-state index contributed by atoms with van der Waals surface area (Å²) < 4.78 is 17.1. The number of quaternary nitrogens is 1. The number of aliphatic carboxylic acids is 1. The van der Waals surface area contributed by atoms with E-state index >= 15 is 0 Å². The van der Waals surface area contributed by atoms with Crippen LogP contribution in [0.3, 0.4) is 0 Å². The molecule has 8 nitrogen and oxygen atoms in total. The quantitative estimate of drug-likeness (QED) is 0.0263. The lowest BCUT2D eigenvalue weighted by atomic mass is 10.0. The summed E-state index contributed by atoms with van der Waals surface area (Å²) in [4.78, 5) is 36.8. The number of carboxylic acids is 1. The molecule has 0 fully saturated rings. The summed E-state index contributed by atoms with van der Waals surface area (Å²) in [6.45, 7) is 4.47. The molecule has 0 spiro atoms. The number of esters is 2. The third kappa shape index (κ3) is 38.3. The SMILES string of the molecule is CC/C=C\C/C=C\C/C=C\C/C=C\CCCCCCCCCCCCC(=O)OC(COCCC(C(=O)[O-])[N+](C)(C)C)COC(=O)CCCCCCC/C=C\CCC. The van der Waals surface area contributed by atoms with Crippen molar-refractivity contribution in [2.75, 3.05) is 41.0 Å². The normalized spacial score (nSPS) is 13.5. The molecule has 0 aliphatic rings. The Kier molecular flexibility index (Phi) is 37.8. The number of likely N-dealkylation sites (N-methyl/N-ethyl adjacent to an activating group) is 1. The Labute approximate surface area is 349 Å². The second-order valence-corrected chi connectivity index (χ2v) is 16.3. The number of unbranched alkanes of at least 4 members (excludes halogenated alkanes) is 16. The van der Waals surface area contributed by atoms with Crippen LogP contribution >= 0.6 is 0 Å². The molecular formula is C49H85NO7. The number of hydrogen-bond acceptors (Lipinski definition) is 7. The first-order valence-electron chi connectivity index (χ1n) is 22.8. The van der Waals surface area contributed by atoms with Crippen molar-refractivity contribution in [1.82, 2.24) is 0 Å². The van der Waals surface area contributed by atoms with Crippen molar-refractivity contribution in [2.24, 2.45) is 0 Å². The maximum absolute atomic E-state index is 12.7. The van der Waals surface area contributed by atoms with Crippen LogP contribution in [0.25, 0.3) is 0 Å². The zero-order valence-corrected chi connectivity index (χ0v) is 37.2. The van der Waals surface area contributed by atoms with E-state index in [4.69, 9.17) is 14.2 Å². The zero-order valence-electron chi connectivity index (χ0n) is 37.2. The molecule has 0 aliphatic carbocycles. The minimum absolute atomic E-state index is 0.0348. The molecule has 2 atom stereocenters. The number of carboxylic acid groups (broad SMARTS) is 1. The van der Waals surface area contributed by atoms with Crippen LogP contribution in [0.5, 0.6) is 0 Å². The van der Waals surface area contributed by atoms with Gasteiger partial charge in [-0.15, -0.1) is 0 Å². The summed E-state index contributed by atoms with van der Waals surface area (Å²) in [6, 6.07) is -0.728. The average molecular weight is 800 g/mol. The molecule has 0 N–H and O–H groups in total. The number of ether oxygens (including phenoxy) is 3. The van der Waals surface area contributed by atoms with Gasteiger partial charge < -0.3 is 28.6 Å². The molecule has 0 amide bonds. The van der Waals surface area contributed by atoms with E-state index in [1.54, 1.807) is 21.1 Å². The van der Waals surface area contributed by atoms with E-state index < -0.39 is 18.1 Å². The Morgan fingerprint density at radius 1 is 0.544 bits per heavy atom. The number of nitrogens with zero attached hydrogens (tertiary/aromatic N) is 1. The molecular weight excluding hydrogens is 715 g/mol. The minimum atomic E-state index is -1.13. The maximum atomic E-state index is 12.7. The largest absolute Gasteiger partial charge is 0.544 e. The Bertz CT molecular complexity index is 1120. The van der Waals surface area contributed by atoms with E-state index in [-0.39, 0.29) is 42.7 Å². The fourth-order valence-corrected chi connectivity index (χ4v) is 6.36. The van der Waals surface area contributed by atoms with Crippen molar-refractivity contribution >= 4 is 17.9 Å². The van der Waals surface area contributed by atoms with Crippen LogP contribution in [0.1, 0.15) is 181 Å². The number of hydrogen-bond donors (Lipinski definition) is 0. The molecule has 0 heterocycles. The molecule has 57 heavy (non-hydrogen) atoms. The van der Waals surface area contributed by atoms with Gasteiger partial charge in [-0.05, 0) is 70.6 Å². The van der Waals surface area contributed by atoms with Crippen LogP contribution in [-0.2, 0) is 28.6 Å². The summed E-state index contributed by atoms with van der Waals surface area (Å²) in [5.41, 5.74) is 0. The van der Waals surface area contributed by atoms with Gasteiger partial charge in [0.1, 0.15) is 12.6 Å². The van der Waals surface area contributed by atoms with Crippen LogP contribution in [0.15, 0.2) is 60.8 Å². The molecule has 0 aromatic rings. The number of carbonyl (C=O) groups excluding carboxylic acids is 3. The smallest absolute Gasteiger partial charge is 0.306 e. The van der Waals surface area contributed by atoms with E-state index in [2.05, 4.69) is 74.6 Å². The molecule has 8 heteroatoms. The van der Waals surface area contributed by atoms with E-state index in [1.807, 2.05) is 0 Å². The maximum Gasteiger partial charge on any atom is 0.306 e. The molecule has 0 radical (unpaired) electrons. The highest BCUT2D eigenvalue weighted by atomic mass is 16.6. The van der Waals surface area contributed by atoms with Crippen LogP contribution in [0.4, 0.5) is 0 Å². The highest BCUT2D eigenvalue weighted by molar-refractivity contribution is 5.70. The van der Waals surface area contributed by atoms with Crippen molar-refractivity contribution in [3.8, 4) is 0 Å². The van der Waals surface area contributed by atoms with Crippen molar-refractivity contribution in [1.29, 1.82) is 0 Å². The van der Waals surface area contributed by atoms with E-state index in [9.17, 15) is 19.5 Å². The van der Waals surface area contributed by atoms with Gasteiger partial charge in [-0.25, -0.2) is 0 Å². The lowest BCUT2D eigenvalue weighted by Gasteiger charge is -2.34. The van der Waals surface area contributed by atoms with Crippen molar-refractivity contribution < 1.29 is 38.2 Å². The monoisotopic (exact) mass is 800 g/mol. The second-order valence-electron chi connectivity index (χ2n) is 16.3. The predicted molar refractivity (Wildman–Crippen MR) is 236 cm³/mol. The molecule has 0 saturated carbocycles. The van der Waals surface area contributed by atoms with Gasteiger partial charge in [0.2, 0.25) is 0 Å². The third-order valence-corrected chi connectivity index (χ3v) is 9.87. The van der Waals surface area contributed by atoms with Gasteiger partial charge in [0, 0.05) is 19.3 Å². The van der Waals surface area contributed by atoms with Crippen LogP contribution < -0.4 is 5.11 Å². The highest BCUT2D eigenvalue weighted by Crippen LogP contribution is 2.14. The summed E-state index contributed by atoms with van der Waals surface area (Å²) in [6.07, 6.45) is 48.2. The third-order valence-electron chi connectivity index (χ3n) is 9.87. The van der Waals surface area contributed by atoms with Gasteiger partial charge in [-0.2, -0.15) is 0 Å². The van der Waals surface area contributed by atoms with Gasteiger partial charge in [0.25, 0.3) is 0 Å². The van der Waals surface area contributed by atoms with Gasteiger partial charge >= 0.3 is 11.9 Å². The number of carbonyl (C=O) groups is 3. The van der Waals surface area contributed by atoms with Crippen LogP contribution in [0, 0.1) is 0 Å². The van der Waals surface area contributed by atoms with Crippen LogP contribution in [0.2, 0.25) is 0 Å². The molecule has 0 rings (SSSR count). The first-order valence-corrected chi connectivity index (χ1v) is 22.8. The minimum Gasteiger partial charge on any atom is -0.544 e. The van der Waals surface area contributed by atoms with Crippen molar-refractivity contribution in [3.63, 3.8) is 0 Å². The standard InChI is InChI=1S/C49H85NO7/c1-6-8-10-12-14-16-18-19-20-21-22-23-24-25-26-27-28-29-30-32-34-36-38-40-48(52)57-45(43-55-42-41-46(49(53)54)50(3,4)5)44-56-47(51)39-37-35-33-31-17-15-13-11-9-7-2/h8,10-11,13-14,16,19-20,22-23,45-46H,6-7,9,12,15,17-18,21,24-44H2,1-5H3/b10-8-,13-11-,16-14-,20-19-,23-22-. The lowest BCUT2D eigenvalue weighted by Crippen LogP contribution is -2.55. The van der Waals surface area contributed by atoms with Gasteiger partial charge in [-0.1, -0.05) is 152 Å². The summed E-state index contributed by atoms with van der Waals surface area (Å²) in [7, 11) is 5.40. The first-order chi connectivity index (χ1) is 27.6. The topological polar surface area (TPSA) is 102 Å². The highest BCUT2D eigenvalue weighted by Gasteiger charge is 2.25. The fraction of sp³-hybridized carbons (Fsp3) is 0.735. The number of rotatable bonds is 40. The van der Waals surface area contributed by atoms with E-state index in [0.29, 0.717) is 12.8 Å². The van der Waals surface area contributed by atoms with Gasteiger partial charge in [0.05, 0.1) is 40.3 Å². The predicted octanol–water partition coefficient (Wildman–Crippen LogP) is 11.2. The zero-order chi connectivity index (χ0) is 42.1. The average Bonchev–Trinajstić information content (AvgIpc) is 3.17. The Morgan fingerprint density at radius 2 is 0.982 bits per heavy atom. The molecule has 0 aromatic carbocycles. The van der Waals surface area contributed by atoms with Crippen molar-refractivity contribution in [3.05, 3.63) is 60.8 Å². The molecule has 0 aliphatic heterocycles. The summed E-state index contributed by atoms with van der Waals surface area (Å²) in [5.74, 6) is -1.76. The van der Waals surface area contributed by atoms with Crippen LogP contribution in [-0.4, -0.2) is 75.5 Å². The fourth-order valence-electron chi connectivity index (χ4n) is 6.36. The molecule has 0 saturated heterocycles. The Hall–Kier alpha value is -2.97. The summed E-state index contributed by atoms with van der Waals surface area (Å²) in [5, 5.41) is 11.6. The lowest BCUT2D eigenvalue weighted by molar-refractivity contribution is -0.889. The Morgan fingerprint density at radius 3 is 1.47 bits per heavy atom. The molecule has 0 bridgehead atoms. The Balaban J connectivity index is 4.24.